The van der Waals surface area contributed by atoms with Gasteiger partial charge in [0.1, 0.15) is 11.5 Å². The lowest BCUT2D eigenvalue weighted by Gasteiger charge is -2.19. The van der Waals surface area contributed by atoms with Gasteiger partial charge in [-0.05, 0) is 43.3 Å². The number of aryl methyl sites for hydroxylation is 1. The van der Waals surface area contributed by atoms with Crippen LogP contribution in [-0.2, 0) is 11.1 Å². The van der Waals surface area contributed by atoms with Gasteiger partial charge >= 0.3 is 13.8 Å². The number of rotatable bonds is 7. The zero-order chi connectivity index (χ0) is 19.4. The smallest absolute Gasteiger partial charge is 0.386 e. The summed E-state index contributed by atoms with van der Waals surface area (Å²) in [6.45, 7) is 2.55. The van der Waals surface area contributed by atoms with Crippen molar-refractivity contribution in [1.82, 2.24) is 9.55 Å². The Labute approximate surface area is 162 Å². The number of fused-ring (bicyclic) bond motifs is 1. The van der Waals surface area contributed by atoms with E-state index in [0.717, 1.165) is 11.0 Å². The van der Waals surface area contributed by atoms with Gasteiger partial charge in [-0.25, -0.2) is 0 Å². The summed E-state index contributed by atoms with van der Waals surface area (Å²) >= 11 is 0. The fourth-order valence-corrected chi connectivity index (χ4v) is 4.02. The van der Waals surface area contributed by atoms with E-state index in [2.05, 4.69) is 4.98 Å². The predicted octanol–water partition coefficient (Wildman–Crippen LogP) is 5.70. The van der Waals surface area contributed by atoms with E-state index in [4.69, 9.17) is 13.6 Å². The molecule has 0 aliphatic heterocycles. The Kier molecular flexibility index (Phi) is 5.04. The first-order chi connectivity index (χ1) is 13.7. The number of hydrogen-bond donors (Lipinski definition) is 0. The zero-order valence-corrected chi connectivity index (χ0v) is 16.2. The van der Waals surface area contributed by atoms with Gasteiger partial charge in [-0.3, -0.25) is 4.57 Å². The van der Waals surface area contributed by atoms with Gasteiger partial charge in [-0.1, -0.05) is 48.5 Å². The van der Waals surface area contributed by atoms with Crippen molar-refractivity contribution < 1.29 is 18.1 Å². The molecule has 0 aliphatic rings. The molecule has 1 heterocycles. The van der Waals surface area contributed by atoms with Crippen LogP contribution in [0.15, 0.2) is 84.9 Å². The molecular weight excluding hydrogens is 375 g/mol. The molecule has 6 nitrogen and oxygen atoms in total. The molecule has 0 bridgehead atoms. The number of imidazole rings is 1. The molecule has 0 saturated carbocycles. The Hall–Kier alpha value is -3.24. The van der Waals surface area contributed by atoms with Crippen LogP contribution in [0.1, 0.15) is 6.92 Å². The molecule has 4 rings (SSSR count). The van der Waals surface area contributed by atoms with Crippen LogP contribution in [0.4, 0.5) is 0 Å². The Morgan fingerprint density at radius 2 is 1.32 bits per heavy atom. The second kappa shape index (κ2) is 7.79. The minimum absolute atomic E-state index is 0.180. The quantitative estimate of drug-likeness (QED) is 0.376. The topological polar surface area (TPSA) is 62.6 Å². The van der Waals surface area contributed by atoms with E-state index in [-0.39, 0.29) is 6.01 Å². The first-order valence-electron chi connectivity index (χ1n) is 8.91. The van der Waals surface area contributed by atoms with E-state index in [1.54, 1.807) is 48.5 Å². The maximum absolute atomic E-state index is 13.5. The molecule has 28 heavy (non-hydrogen) atoms. The molecule has 1 aromatic heterocycles. The van der Waals surface area contributed by atoms with Crippen molar-refractivity contribution in [3.8, 4) is 17.5 Å². The van der Waals surface area contributed by atoms with Gasteiger partial charge in [0.2, 0.25) is 0 Å². The molecule has 0 fully saturated rings. The molecule has 0 saturated heterocycles. The summed E-state index contributed by atoms with van der Waals surface area (Å²) in [5, 5.41) is 0. The summed E-state index contributed by atoms with van der Waals surface area (Å²) in [6.07, 6.45) is 0. The highest BCUT2D eigenvalue weighted by molar-refractivity contribution is 7.49. The highest BCUT2D eigenvalue weighted by Gasteiger charge is 2.35. The molecular formula is C21H19N2O4P. The molecule has 0 unspecified atom stereocenters. The maximum atomic E-state index is 13.5. The van der Waals surface area contributed by atoms with Gasteiger partial charge in [0.25, 0.3) is 0 Å². The molecule has 0 radical (unpaired) electrons. The van der Waals surface area contributed by atoms with Crippen molar-refractivity contribution in [2.24, 2.45) is 0 Å². The maximum Gasteiger partial charge on any atom is 0.649 e. The third-order valence-electron chi connectivity index (χ3n) is 4.05. The molecule has 0 atom stereocenters. The largest absolute Gasteiger partial charge is 0.649 e. The molecule has 7 heteroatoms. The average Bonchev–Trinajstić information content (AvgIpc) is 3.05. The molecule has 4 aromatic rings. The van der Waals surface area contributed by atoms with Crippen molar-refractivity contribution in [1.29, 1.82) is 0 Å². The second-order valence-electron chi connectivity index (χ2n) is 5.97. The standard InChI is InChI=1S/C21H19N2O4P/c1-2-23-20-16-10-9-15-19(20)22-21(23)27-28(24,25-17-11-5-3-6-12-17)26-18-13-7-4-8-14-18/h3-16H,2H2,1H3. The van der Waals surface area contributed by atoms with E-state index < -0.39 is 7.82 Å². The van der Waals surface area contributed by atoms with Gasteiger partial charge in [0.15, 0.2) is 0 Å². The van der Waals surface area contributed by atoms with Crippen LogP contribution in [-0.4, -0.2) is 9.55 Å². The summed E-state index contributed by atoms with van der Waals surface area (Å²) in [5.74, 6) is 0.752. The van der Waals surface area contributed by atoms with E-state index in [1.807, 2.05) is 47.9 Å². The summed E-state index contributed by atoms with van der Waals surface area (Å²) in [4.78, 5) is 4.46. The monoisotopic (exact) mass is 394 g/mol. The molecule has 0 amide bonds. The number of hydrogen-bond acceptors (Lipinski definition) is 5. The van der Waals surface area contributed by atoms with Crippen LogP contribution in [0.3, 0.4) is 0 Å². The van der Waals surface area contributed by atoms with Crippen LogP contribution < -0.4 is 13.6 Å². The van der Waals surface area contributed by atoms with Crippen molar-refractivity contribution >= 4 is 18.9 Å². The van der Waals surface area contributed by atoms with Crippen LogP contribution in [0.5, 0.6) is 17.5 Å². The van der Waals surface area contributed by atoms with E-state index >= 15 is 0 Å². The fourth-order valence-electron chi connectivity index (χ4n) is 2.81. The lowest BCUT2D eigenvalue weighted by molar-refractivity contribution is 0.286. The highest BCUT2D eigenvalue weighted by atomic mass is 31.2. The van der Waals surface area contributed by atoms with Crippen molar-refractivity contribution in [3.63, 3.8) is 0 Å². The van der Waals surface area contributed by atoms with Crippen LogP contribution in [0.25, 0.3) is 11.0 Å². The molecule has 0 spiro atoms. The van der Waals surface area contributed by atoms with Gasteiger partial charge in [0, 0.05) is 6.54 Å². The number of phosphoric acid groups is 1. The lowest BCUT2D eigenvalue weighted by Crippen LogP contribution is -2.10. The van der Waals surface area contributed by atoms with Gasteiger partial charge in [-0.2, -0.15) is 9.55 Å². The van der Waals surface area contributed by atoms with Crippen LogP contribution >= 0.6 is 7.82 Å². The number of benzene rings is 3. The molecule has 0 N–H and O–H groups in total. The first kappa shape index (κ1) is 18.1. The summed E-state index contributed by atoms with van der Waals surface area (Å²) in [6, 6.07) is 25.3. The van der Waals surface area contributed by atoms with E-state index in [0.29, 0.717) is 18.0 Å². The van der Waals surface area contributed by atoms with Gasteiger partial charge in [-0.15, -0.1) is 0 Å². The fraction of sp³-hybridized carbons (Fsp3) is 0.0952. The average molecular weight is 394 g/mol. The molecule has 0 aliphatic carbocycles. The minimum Gasteiger partial charge on any atom is -0.386 e. The number of aromatic nitrogens is 2. The van der Waals surface area contributed by atoms with Crippen molar-refractivity contribution in [2.75, 3.05) is 0 Å². The Bertz CT molecular complexity index is 1070. The zero-order valence-electron chi connectivity index (χ0n) is 15.3. The Balaban J connectivity index is 1.72. The lowest BCUT2D eigenvalue weighted by atomic mass is 10.3. The first-order valence-corrected chi connectivity index (χ1v) is 10.4. The highest BCUT2D eigenvalue weighted by Crippen LogP contribution is 2.49. The number of phosphoric ester groups is 1. The minimum atomic E-state index is -4.06. The Morgan fingerprint density at radius 3 is 1.89 bits per heavy atom. The predicted molar refractivity (Wildman–Crippen MR) is 108 cm³/mol. The normalized spacial score (nSPS) is 11.3. The number of nitrogens with zero attached hydrogens (tertiary/aromatic N) is 2. The van der Waals surface area contributed by atoms with Gasteiger partial charge < -0.3 is 13.6 Å². The van der Waals surface area contributed by atoms with Crippen LogP contribution in [0.2, 0.25) is 0 Å². The summed E-state index contributed by atoms with van der Waals surface area (Å²) in [5.41, 5.74) is 1.62. The SMILES string of the molecule is CCn1c(OP(=O)(Oc2ccccc2)Oc2ccccc2)nc2ccccc21. The molecule has 3 aromatic carbocycles. The van der Waals surface area contributed by atoms with Crippen molar-refractivity contribution in [2.45, 2.75) is 13.5 Å². The summed E-state index contributed by atoms with van der Waals surface area (Å²) in [7, 11) is -4.06. The van der Waals surface area contributed by atoms with Crippen LogP contribution in [0, 0.1) is 0 Å². The number of para-hydroxylation sites is 4. The van der Waals surface area contributed by atoms with Crippen molar-refractivity contribution in [3.05, 3.63) is 84.9 Å². The summed E-state index contributed by atoms with van der Waals surface area (Å²) < 4.78 is 32.5. The van der Waals surface area contributed by atoms with E-state index in [9.17, 15) is 4.57 Å². The Morgan fingerprint density at radius 1 is 0.786 bits per heavy atom. The third-order valence-corrected chi connectivity index (χ3v) is 5.31. The second-order valence-corrected chi connectivity index (χ2v) is 7.42. The molecule has 142 valence electrons. The van der Waals surface area contributed by atoms with Gasteiger partial charge in [0.05, 0.1) is 11.0 Å². The third kappa shape index (κ3) is 3.87. The van der Waals surface area contributed by atoms with E-state index in [1.165, 1.54) is 0 Å².